The van der Waals surface area contributed by atoms with Crippen molar-refractivity contribution >= 4 is 5.91 Å². The average molecular weight is 279 g/mol. The Morgan fingerprint density at radius 1 is 1.10 bits per heavy atom. The summed E-state index contributed by atoms with van der Waals surface area (Å²) in [6, 6.07) is 14.4. The molecule has 0 aromatic heterocycles. The standard InChI is InChI=1S/C18H17NO2/c20-15-7-8-19(11-15)18(21)13-5-6-17-14(10-13)9-12-3-1-2-4-16(12)17/h1-6,10,15,20H,7-9,11H2/t15-/m1/s1. The maximum absolute atomic E-state index is 12.5. The monoisotopic (exact) mass is 279 g/mol. The fourth-order valence-corrected chi connectivity index (χ4v) is 3.39. The number of likely N-dealkylation sites (tertiary alicyclic amines) is 1. The van der Waals surface area contributed by atoms with Gasteiger partial charge >= 0.3 is 0 Å². The molecule has 1 saturated heterocycles. The van der Waals surface area contributed by atoms with Gasteiger partial charge in [0.1, 0.15) is 0 Å². The minimum atomic E-state index is -0.368. The van der Waals surface area contributed by atoms with Gasteiger partial charge in [-0.25, -0.2) is 0 Å². The van der Waals surface area contributed by atoms with Gasteiger partial charge in [0.2, 0.25) is 0 Å². The van der Waals surface area contributed by atoms with Crippen LogP contribution in [-0.2, 0) is 6.42 Å². The Balaban J connectivity index is 1.66. The Kier molecular flexibility index (Phi) is 2.82. The number of amides is 1. The van der Waals surface area contributed by atoms with E-state index in [9.17, 15) is 9.90 Å². The van der Waals surface area contributed by atoms with Crippen molar-refractivity contribution < 1.29 is 9.90 Å². The third kappa shape index (κ3) is 2.05. The first-order chi connectivity index (χ1) is 10.2. The highest BCUT2D eigenvalue weighted by atomic mass is 16.3. The van der Waals surface area contributed by atoms with Crippen LogP contribution in [0, 0.1) is 0 Å². The van der Waals surface area contributed by atoms with E-state index in [4.69, 9.17) is 0 Å². The lowest BCUT2D eigenvalue weighted by Gasteiger charge is -2.16. The van der Waals surface area contributed by atoms with Gasteiger partial charge in [0.05, 0.1) is 6.10 Å². The van der Waals surface area contributed by atoms with Crippen molar-refractivity contribution in [2.75, 3.05) is 13.1 Å². The molecule has 1 heterocycles. The second-order valence-corrected chi connectivity index (χ2v) is 5.90. The van der Waals surface area contributed by atoms with Crippen LogP contribution >= 0.6 is 0 Å². The highest BCUT2D eigenvalue weighted by Crippen LogP contribution is 2.36. The SMILES string of the molecule is O=C(c1ccc2c(c1)Cc1ccccc1-2)N1CC[C@@H](O)C1. The van der Waals surface area contributed by atoms with Crippen LogP contribution in [-0.4, -0.2) is 35.1 Å². The van der Waals surface area contributed by atoms with E-state index in [1.165, 1.54) is 22.3 Å². The van der Waals surface area contributed by atoms with Crippen LogP contribution in [0.25, 0.3) is 11.1 Å². The fourth-order valence-electron chi connectivity index (χ4n) is 3.39. The summed E-state index contributed by atoms with van der Waals surface area (Å²) in [4.78, 5) is 14.2. The van der Waals surface area contributed by atoms with Crippen LogP contribution in [0.3, 0.4) is 0 Å². The number of aliphatic hydroxyl groups excluding tert-OH is 1. The average Bonchev–Trinajstić information content (AvgIpc) is 3.09. The number of fused-ring (bicyclic) bond motifs is 3. The van der Waals surface area contributed by atoms with Gasteiger partial charge < -0.3 is 10.0 Å². The maximum Gasteiger partial charge on any atom is 0.253 e. The lowest BCUT2D eigenvalue weighted by atomic mass is 10.0. The van der Waals surface area contributed by atoms with E-state index >= 15 is 0 Å². The molecule has 4 rings (SSSR count). The number of nitrogens with zero attached hydrogens (tertiary/aromatic N) is 1. The molecule has 2 aromatic rings. The molecular weight excluding hydrogens is 262 g/mol. The topological polar surface area (TPSA) is 40.5 Å². The molecule has 0 bridgehead atoms. The van der Waals surface area contributed by atoms with Gasteiger partial charge in [-0.1, -0.05) is 30.3 Å². The van der Waals surface area contributed by atoms with Crippen LogP contribution in [0.15, 0.2) is 42.5 Å². The third-order valence-electron chi connectivity index (χ3n) is 4.49. The molecule has 2 aliphatic rings. The first-order valence-electron chi connectivity index (χ1n) is 7.41. The Morgan fingerprint density at radius 3 is 2.71 bits per heavy atom. The van der Waals surface area contributed by atoms with Gasteiger partial charge in [-0.3, -0.25) is 4.79 Å². The number of β-amino-alcohol motifs (C(OH)–C–C–N with tert-alkyl or cyclic N) is 1. The molecule has 3 nitrogen and oxygen atoms in total. The van der Waals surface area contributed by atoms with Crippen molar-refractivity contribution in [1.82, 2.24) is 4.90 Å². The second kappa shape index (κ2) is 4.71. The van der Waals surface area contributed by atoms with E-state index in [-0.39, 0.29) is 12.0 Å². The molecule has 0 saturated carbocycles. The highest BCUT2D eigenvalue weighted by Gasteiger charge is 2.26. The van der Waals surface area contributed by atoms with Crippen LogP contribution in [0.2, 0.25) is 0 Å². The van der Waals surface area contributed by atoms with Crippen molar-refractivity contribution in [3.8, 4) is 11.1 Å². The lowest BCUT2D eigenvalue weighted by molar-refractivity contribution is 0.0765. The van der Waals surface area contributed by atoms with E-state index < -0.39 is 0 Å². The minimum Gasteiger partial charge on any atom is -0.391 e. The predicted molar refractivity (Wildman–Crippen MR) is 81.2 cm³/mol. The Hall–Kier alpha value is -2.13. The van der Waals surface area contributed by atoms with Crippen molar-refractivity contribution in [2.24, 2.45) is 0 Å². The summed E-state index contributed by atoms with van der Waals surface area (Å²) in [6.45, 7) is 1.10. The third-order valence-corrected chi connectivity index (χ3v) is 4.49. The van der Waals surface area contributed by atoms with Crippen molar-refractivity contribution in [2.45, 2.75) is 18.9 Å². The van der Waals surface area contributed by atoms with Gasteiger partial charge in [-0.2, -0.15) is 0 Å². The number of benzene rings is 2. The zero-order valence-corrected chi connectivity index (χ0v) is 11.7. The number of rotatable bonds is 1. The summed E-state index contributed by atoms with van der Waals surface area (Å²) in [6.07, 6.45) is 1.21. The molecular formula is C18H17NO2. The molecule has 3 heteroatoms. The van der Waals surface area contributed by atoms with Gasteiger partial charge in [0, 0.05) is 18.7 Å². The molecule has 1 aliphatic carbocycles. The first-order valence-corrected chi connectivity index (χ1v) is 7.41. The number of carbonyl (C=O) groups excluding carboxylic acids is 1. The largest absolute Gasteiger partial charge is 0.391 e. The predicted octanol–water partition coefficient (Wildman–Crippen LogP) is 2.46. The molecule has 0 spiro atoms. The van der Waals surface area contributed by atoms with Crippen LogP contribution in [0.5, 0.6) is 0 Å². The van der Waals surface area contributed by atoms with E-state index in [1.807, 2.05) is 12.1 Å². The Bertz CT molecular complexity index is 723. The van der Waals surface area contributed by atoms with Crippen LogP contribution in [0.4, 0.5) is 0 Å². The summed E-state index contributed by atoms with van der Waals surface area (Å²) >= 11 is 0. The molecule has 0 radical (unpaired) electrons. The lowest BCUT2D eigenvalue weighted by Crippen LogP contribution is -2.29. The van der Waals surface area contributed by atoms with Crippen LogP contribution in [0.1, 0.15) is 27.9 Å². The van der Waals surface area contributed by atoms with E-state index in [1.54, 1.807) is 4.90 Å². The number of carbonyl (C=O) groups is 1. The Labute approximate surface area is 123 Å². The maximum atomic E-state index is 12.5. The summed E-state index contributed by atoms with van der Waals surface area (Å²) in [5, 5.41) is 9.57. The molecule has 0 unspecified atom stereocenters. The minimum absolute atomic E-state index is 0.0327. The summed E-state index contributed by atoms with van der Waals surface area (Å²) in [7, 11) is 0. The second-order valence-electron chi connectivity index (χ2n) is 5.90. The van der Waals surface area contributed by atoms with E-state index in [0.717, 1.165) is 12.0 Å². The van der Waals surface area contributed by atoms with Gasteiger partial charge in [-0.15, -0.1) is 0 Å². The van der Waals surface area contributed by atoms with E-state index in [2.05, 4.69) is 30.3 Å². The zero-order valence-electron chi connectivity index (χ0n) is 11.7. The van der Waals surface area contributed by atoms with Gasteiger partial charge in [-0.05, 0) is 47.2 Å². The normalized spacial score (nSPS) is 19.5. The molecule has 1 amide bonds. The van der Waals surface area contributed by atoms with Crippen molar-refractivity contribution in [1.29, 1.82) is 0 Å². The summed E-state index contributed by atoms with van der Waals surface area (Å²) in [5.74, 6) is 0.0327. The fraction of sp³-hybridized carbons (Fsp3) is 0.278. The van der Waals surface area contributed by atoms with E-state index in [0.29, 0.717) is 19.5 Å². The molecule has 1 atom stereocenters. The summed E-state index contributed by atoms with van der Waals surface area (Å²) in [5.41, 5.74) is 5.80. The molecule has 106 valence electrons. The smallest absolute Gasteiger partial charge is 0.253 e. The molecule has 1 fully saturated rings. The Morgan fingerprint density at radius 2 is 1.90 bits per heavy atom. The number of hydrogen-bond donors (Lipinski definition) is 1. The quantitative estimate of drug-likeness (QED) is 0.743. The zero-order chi connectivity index (χ0) is 14.4. The van der Waals surface area contributed by atoms with Crippen molar-refractivity contribution in [3.63, 3.8) is 0 Å². The highest BCUT2D eigenvalue weighted by molar-refractivity contribution is 5.96. The van der Waals surface area contributed by atoms with Gasteiger partial charge in [0.25, 0.3) is 5.91 Å². The number of hydrogen-bond acceptors (Lipinski definition) is 2. The molecule has 1 N–H and O–H groups in total. The molecule has 2 aromatic carbocycles. The molecule has 1 aliphatic heterocycles. The number of aliphatic hydroxyl groups is 1. The van der Waals surface area contributed by atoms with Gasteiger partial charge in [0.15, 0.2) is 0 Å². The van der Waals surface area contributed by atoms with Crippen LogP contribution < -0.4 is 0 Å². The summed E-state index contributed by atoms with van der Waals surface area (Å²) < 4.78 is 0. The first kappa shape index (κ1) is 12.6. The molecule has 21 heavy (non-hydrogen) atoms. The van der Waals surface area contributed by atoms with Crippen molar-refractivity contribution in [3.05, 3.63) is 59.2 Å².